The third kappa shape index (κ3) is 3.02. The Kier molecular flexibility index (Phi) is 4.46. The SMILES string of the molecule is O=C(NCC1(C(=O)O)CCOCC1)c1cc2c(s1)CCOC2. The van der Waals surface area contributed by atoms with Crippen molar-refractivity contribution in [1.82, 2.24) is 5.32 Å². The second-order valence-electron chi connectivity index (χ2n) is 5.74. The monoisotopic (exact) mass is 325 g/mol. The molecule has 120 valence electrons. The molecule has 6 nitrogen and oxygen atoms in total. The van der Waals surface area contributed by atoms with Gasteiger partial charge in [-0.15, -0.1) is 11.3 Å². The van der Waals surface area contributed by atoms with E-state index in [1.807, 2.05) is 6.07 Å². The number of nitrogens with one attached hydrogen (secondary N) is 1. The van der Waals surface area contributed by atoms with Gasteiger partial charge in [0.05, 0.1) is 23.5 Å². The highest BCUT2D eigenvalue weighted by Gasteiger charge is 2.40. The number of carbonyl (C=O) groups is 2. The van der Waals surface area contributed by atoms with E-state index in [4.69, 9.17) is 9.47 Å². The predicted molar refractivity (Wildman–Crippen MR) is 80.1 cm³/mol. The van der Waals surface area contributed by atoms with Gasteiger partial charge in [0, 0.05) is 31.1 Å². The molecule has 0 bridgehead atoms. The van der Waals surface area contributed by atoms with E-state index in [1.165, 1.54) is 16.2 Å². The summed E-state index contributed by atoms with van der Waals surface area (Å²) in [5.74, 6) is -1.07. The van der Waals surface area contributed by atoms with Crippen molar-refractivity contribution in [2.75, 3.05) is 26.4 Å². The highest BCUT2D eigenvalue weighted by atomic mass is 32.1. The van der Waals surface area contributed by atoms with E-state index >= 15 is 0 Å². The molecule has 2 aliphatic rings. The molecule has 3 heterocycles. The Balaban J connectivity index is 1.66. The van der Waals surface area contributed by atoms with Crippen molar-refractivity contribution in [2.45, 2.75) is 25.9 Å². The maximum Gasteiger partial charge on any atom is 0.311 e. The van der Waals surface area contributed by atoms with E-state index in [-0.39, 0.29) is 12.5 Å². The number of carboxylic acid groups (broad SMARTS) is 1. The second kappa shape index (κ2) is 6.36. The number of thiophene rings is 1. The van der Waals surface area contributed by atoms with Gasteiger partial charge in [0.1, 0.15) is 0 Å². The molecule has 1 saturated heterocycles. The van der Waals surface area contributed by atoms with Gasteiger partial charge in [0.25, 0.3) is 5.91 Å². The molecule has 0 spiro atoms. The minimum Gasteiger partial charge on any atom is -0.481 e. The molecule has 0 radical (unpaired) electrons. The zero-order chi connectivity index (χ0) is 15.6. The van der Waals surface area contributed by atoms with Gasteiger partial charge in [-0.25, -0.2) is 0 Å². The van der Waals surface area contributed by atoms with Crippen LogP contribution in [-0.2, 0) is 27.3 Å². The van der Waals surface area contributed by atoms with Crippen LogP contribution >= 0.6 is 11.3 Å². The number of hydrogen-bond donors (Lipinski definition) is 2. The molecule has 0 saturated carbocycles. The average Bonchev–Trinajstić information content (AvgIpc) is 2.97. The van der Waals surface area contributed by atoms with E-state index in [2.05, 4.69) is 5.32 Å². The van der Waals surface area contributed by atoms with Crippen molar-refractivity contribution in [1.29, 1.82) is 0 Å². The summed E-state index contributed by atoms with van der Waals surface area (Å²) >= 11 is 1.47. The van der Waals surface area contributed by atoms with Gasteiger partial charge in [0.2, 0.25) is 0 Å². The topological polar surface area (TPSA) is 84.9 Å². The fourth-order valence-corrected chi connectivity index (χ4v) is 3.89. The fraction of sp³-hybridized carbons (Fsp3) is 0.600. The third-order valence-corrected chi connectivity index (χ3v) is 5.58. The summed E-state index contributed by atoms with van der Waals surface area (Å²) in [6.45, 7) is 2.23. The number of rotatable bonds is 4. The third-order valence-electron chi connectivity index (χ3n) is 4.34. The lowest BCUT2D eigenvalue weighted by Crippen LogP contribution is -2.46. The van der Waals surface area contributed by atoms with E-state index in [0.29, 0.717) is 44.1 Å². The Morgan fingerprint density at radius 3 is 2.73 bits per heavy atom. The largest absolute Gasteiger partial charge is 0.481 e. The minimum absolute atomic E-state index is 0.142. The van der Waals surface area contributed by atoms with Crippen LogP contribution in [0.4, 0.5) is 0 Å². The van der Waals surface area contributed by atoms with Crippen LogP contribution in [-0.4, -0.2) is 43.3 Å². The first-order valence-electron chi connectivity index (χ1n) is 7.39. The number of ether oxygens (including phenoxy) is 2. The van der Waals surface area contributed by atoms with E-state index in [9.17, 15) is 14.7 Å². The highest BCUT2D eigenvalue weighted by molar-refractivity contribution is 7.14. The molecule has 0 aromatic carbocycles. The van der Waals surface area contributed by atoms with Crippen molar-refractivity contribution in [3.05, 3.63) is 21.4 Å². The first kappa shape index (κ1) is 15.5. The molecular weight excluding hydrogens is 306 g/mol. The van der Waals surface area contributed by atoms with E-state index in [0.717, 1.165) is 12.0 Å². The molecule has 2 N–H and O–H groups in total. The van der Waals surface area contributed by atoms with E-state index in [1.54, 1.807) is 0 Å². The molecular formula is C15H19NO5S. The second-order valence-corrected chi connectivity index (χ2v) is 6.88. The smallest absolute Gasteiger partial charge is 0.311 e. The first-order valence-corrected chi connectivity index (χ1v) is 8.21. The van der Waals surface area contributed by atoms with Crippen LogP contribution in [0, 0.1) is 5.41 Å². The summed E-state index contributed by atoms with van der Waals surface area (Å²) in [4.78, 5) is 25.7. The number of hydrogen-bond acceptors (Lipinski definition) is 5. The Morgan fingerprint density at radius 2 is 2.05 bits per heavy atom. The summed E-state index contributed by atoms with van der Waals surface area (Å²) in [6.07, 6.45) is 1.69. The van der Waals surface area contributed by atoms with Crippen molar-refractivity contribution in [2.24, 2.45) is 5.41 Å². The summed E-state index contributed by atoms with van der Waals surface area (Å²) in [6, 6.07) is 1.85. The number of fused-ring (bicyclic) bond motifs is 1. The molecule has 1 fully saturated rings. The summed E-state index contributed by atoms with van der Waals surface area (Å²) < 4.78 is 10.6. The van der Waals surface area contributed by atoms with Crippen LogP contribution < -0.4 is 5.32 Å². The van der Waals surface area contributed by atoms with Crippen LogP contribution in [0.3, 0.4) is 0 Å². The van der Waals surface area contributed by atoms with Crippen LogP contribution in [0.1, 0.15) is 33.0 Å². The lowest BCUT2D eigenvalue weighted by atomic mass is 9.80. The first-order chi connectivity index (χ1) is 10.6. The quantitative estimate of drug-likeness (QED) is 0.875. The Bertz CT molecular complexity index is 553. The van der Waals surface area contributed by atoms with Crippen molar-refractivity contribution in [3.8, 4) is 0 Å². The van der Waals surface area contributed by atoms with Gasteiger partial charge in [-0.3, -0.25) is 9.59 Å². The van der Waals surface area contributed by atoms with Crippen LogP contribution in [0.5, 0.6) is 0 Å². The molecule has 2 aliphatic heterocycles. The number of amides is 1. The average molecular weight is 325 g/mol. The van der Waals surface area contributed by atoms with Gasteiger partial charge in [-0.1, -0.05) is 0 Å². The fourth-order valence-electron chi connectivity index (χ4n) is 2.82. The molecule has 0 aliphatic carbocycles. The van der Waals surface area contributed by atoms with Gasteiger partial charge in [0.15, 0.2) is 0 Å². The Labute approximate surface area is 132 Å². The summed E-state index contributed by atoms with van der Waals surface area (Å²) in [5.41, 5.74) is 0.161. The molecule has 3 rings (SSSR count). The van der Waals surface area contributed by atoms with Crippen LogP contribution in [0.2, 0.25) is 0 Å². The normalized spacial score (nSPS) is 20.2. The van der Waals surface area contributed by atoms with E-state index < -0.39 is 11.4 Å². The minimum atomic E-state index is -0.909. The lowest BCUT2D eigenvalue weighted by molar-refractivity contribution is -0.154. The number of aliphatic carboxylic acids is 1. The van der Waals surface area contributed by atoms with Crippen LogP contribution in [0.25, 0.3) is 0 Å². The van der Waals surface area contributed by atoms with Gasteiger partial charge in [-0.2, -0.15) is 0 Å². The lowest BCUT2D eigenvalue weighted by Gasteiger charge is -2.33. The maximum absolute atomic E-state index is 12.3. The number of carboxylic acids is 1. The molecule has 0 unspecified atom stereocenters. The van der Waals surface area contributed by atoms with Crippen molar-refractivity contribution < 1.29 is 24.2 Å². The zero-order valence-corrected chi connectivity index (χ0v) is 13.0. The summed E-state index contributed by atoms with van der Waals surface area (Å²) in [5, 5.41) is 12.3. The highest BCUT2D eigenvalue weighted by Crippen LogP contribution is 2.31. The standard InChI is InChI=1S/C15H19NO5S/c17-13(12-7-10-8-21-4-1-11(10)22-12)16-9-15(14(18)19)2-5-20-6-3-15/h7H,1-6,8-9H2,(H,16,17)(H,18,19). The zero-order valence-electron chi connectivity index (χ0n) is 12.2. The van der Waals surface area contributed by atoms with Gasteiger partial charge >= 0.3 is 5.97 Å². The van der Waals surface area contributed by atoms with Crippen molar-refractivity contribution >= 4 is 23.2 Å². The summed E-state index contributed by atoms with van der Waals surface area (Å²) in [7, 11) is 0. The number of carbonyl (C=O) groups excluding carboxylic acids is 1. The van der Waals surface area contributed by atoms with Gasteiger partial charge in [-0.05, 0) is 24.5 Å². The molecule has 1 amide bonds. The Morgan fingerprint density at radius 1 is 1.27 bits per heavy atom. The molecule has 1 aromatic rings. The molecule has 7 heteroatoms. The molecule has 22 heavy (non-hydrogen) atoms. The van der Waals surface area contributed by atoms with Crippen LogP contribution in [0.15, 0.2) is 6.07 Å². The Hall–Kier alpha value is -1.44. The van der Waals surface area contributed by atoms with Gasteiger partial charge < -0.3 is 19.9 Å². The van der Waals surface area contributed by atoms with Crippen molar-refractivity contribution in [3.63, 3.8) is 0 Å². The maximum atomic E-state index is 12.3. The molecule has 1 aromatic heterocycles. The predicted octanol–water partition coefficient (Wildman–Crippen LogP) is 1.43. The molecule has 0 atom stereocenters.